The number of halogens is 2. The van der Waals surface area contributed by atoms with Crippen molar-refractivity contribution < 1.29 is 9.90 Å². The summed E-state index contributed by atoms with van der Waals surface area (Å²) in [4.78, 5) is 10.9. The Bertz CT molecular complexity index is 406. The molecule has 0 aliphatic rings. The van der Waals surface area contributed by atoms with Crippen molar-refractivity contribution in [3.05, 3.63) is 39.8 Å². The van der Waals surface area contributed by atoms with E-state index in [0.29, 0.717) is 17.3 Å². The summed E-state index contributed by atoms with van der Waals surface area (Å²) in [7, 11) is 0. The largest absolute Gasteiger partial charge is 0.478 e. The second kappa shape index (κ2) is 5.19. The summed E-state index contributed by atoms with van der Waals surface area (Å²) in [5.41, 5.74) is 0.717. The average Bonchev–Trinajstić information content (AvgIpc) is 2.14. The molecule has 0 saturated heterocycles. The van der Waals surface area contributed by atoms with Crippen molar-refractivity contribution in [1.82, 2.24) is 0 Å². The molecule has 0 atom stereocenters. The van der Waals surface area contributed by atoms with Gasteiger partial charge in [-0.15, -0.1) is 0 Å². The van der Waals surface area contributed by atoms with Crippen molar-refractivity contribution in [3.8, 4) is 0 Å². The second-order valence-electron chi connectivity index (χ2n) is 2.87. The van der Waals surface area contributed by atoms with Gasteiger partial charge in [0.25, 0.3) is 0 Å². The van der Waals surface area contributed by atoms with Crippen LogP contribution in [0.15, 0.2) is 34.3 Å². The van der Waals surface area contributed by atoms with E-state index in [2.05, 4.69) is 27.8 Å². The number of carboxylic acids is 1. The minimum atomic E-state index is -0.981. The van der Waals surface area contributed by atoms with Crippen molar-refractivity contribution in [1.29, 1.82) is 0 Å². The molecular weight excluding hydrogens is 281 g/mol. The number of nitrogens with one attached hydrogen (secondary N) is 1. The first-order valence-electron chi connectivity index (χ1n) is 4.10. The lowest BCUT2D eigenvalue weighted by atomic mass is 10.2. The molecule has 0 spiro atoms. The molecule has 0 radical (unpaired) electrons. The van der Waals surface area contributed by atoms with E-state index in [9.17, 15) is 4.79 Å². The molecule has 0 amide bonds. The Labute approximate surface area is 101 Å². The first kappa shape index (κ1) is 12.1. The molecule has 0 heterocycles. The lowest BCUT2D eigenvalue weighted by Crippen LogP contribution is -2.07. The molecule has 1 aromatic rings. The van der Waals surface area contributed by atoms with Crippen LogP contribution in [0.25, 0.3) is 0 Å². The smallest absolute Gasteiger partial charge is 0.337 e. The Hall–Kier alpha value is -1.00. The zero-order valence-electron chi connectivity index (χ0n) is 7.76. The maximum absolute atomic E-state index is 10.9. The summed E-state index contributed by atoms with van der Waals surface area (Å²) in [6.07, 6.45) is 0. The second-order valence-corrected chi connectivity index (χ2v) is 4.32. The van der Waals surface area contributed by atoms with Crippen molar-refractivity contribution >= 4 is 39.2 Å². The highest BCUT2D eigenvalue weighted by atomic mass is 79.9. The Morgan fingerprint density at radius 1 is 1.60 bits per heavy atom. The van der Waals surface area contributed by atoms with Gasteiger partial charge in [0.05, 0.1) is 17.8 Å². The van der Waals surface area contributed by atoms with Gasteiger partial charge in [-0.25, -0.2) is 4.79 Å². The highest BCUT2D eigenvalue weighted by Crippen LogP contribution is 2.21. The molecule has 0 aliphatic carbocycles. The number of hydrogen-bond donors (Lipinski definition) is 2. The summed E-state index contributed by atoms with van der Waals surface area (Å²) in [6, 6.07) is 4.87. The Kier molecular flexibility index (Phi) is 4.17. The van der Waals surface area contributed by atoms with E-state index in [1.165, 1.54) is 6.07 Å². The van der Waals surface area contributed by atoms with Crippen LogP contribution in [0.5, 0.6) is 0 Å². The number of benzene rings is 1. The van der Waals surface area contributed by atoms with E-state index in [0.717, 1.165) is 4.47 Å². The molecule has 0 bridgehead atoms. The minimum Gasteiger partial charge on any atom is -0.478 e. The maximum atomic E-state index is 10.9. The molecular formula is C10H9BrClNO2. The quantitative estimate of drug-likeness (QED) is 0.894. The minimum absolute atomic E-state index is 0.205. The van der Waals surface area contributed by atoms with Crippen LogP contribution >= 0.6 is 27.5 Å². The first-order valence-corrected chi connectivity index (χ1v) is 5.28. The van der Waals surface area contributed by atoms with Gasteiger partial charge in [0, 0.05) is 9.51 Å². The van der Waals surface area contributed by atoms with Crippen molar-refractivity contribution in [2.45, 2.75) is 0 Å². The predicted octanol–water partition coefficient (Wildman–Crippen LogP) is 3.31. The zero-order chi connectivity index (χ0) is 11.4. The molecule has 1 rings (SSSR count). The van der Waals surface area contributed by atoms with Crippen LogP contribution in [0.2, 0.25) is 0 Å². The molecule has 2 N–H and O–H groups in total. The highest BCUT2D eigenvalue weighted by Gasteiger charge is 2.09. The summed E-state index contributed by atoms with van der Waals surface area (Å²) in [5.74, 6) is -0.981. The molecule has 0 saturated carbocycles. The molecule has 5 heteroatoms. The van der Waals surface area contributed by atoms with E-state index >= 15 is 0 Å². The lowest BCUT2D eigenvalue weighted by molar-refractivity contribution is 0.0698. The van der Waals surface area contributed by atoms with Crippen LogP contribution in [0.1, 0.15) is 10.4 Å². The highest BCUT2D eigenvalue weighted by molar-refractivity contribution is 9.10. The third-order valence-corrected chi connectivity index (χ3v) is 2.31. The lowest BCUT2D eigenvalue weighted by Gasteiger charge is -2.08. The van der Waals surface area contributed by atoms with Gasteiger partial charge in [-0.2, -0.15) is 0 Å². The Morgan fingerprint density at radius 2 is 2.27 bits per heavy atom. The van der Waals surface area contributed by atoms with Crippen LogP contribution < -0.4 is 5.32 Å². The average molecular weight is 291 g/mol. The van der Waals surface area contributed by atoms with E-state index in [1.807, 2.05) is 0 Å². The van der Waals surface area contributed by atoms with Crippen LogP contribution in [0, 0.1) is 0 Å². The third kappa shape index (κ3) is 3.57. The molecule has 3 nitrogen and oxygen atoms in total. The molecule has 0 unspecified atom stereocenters. The number of carbonyl (C=O) groups is 1. The van der Waals surface area contributed by atoms with Gasteiger partial charge in [-0.3, -0.25) is 0 Å². The van der Waals surface area contributed by atoms with Crippen molar-refractivity contribution in [3.63, 3.8) is 0 Å². The molecule has 0 aliphatic heterocycles. The standard InChI is InChI=1S/C10H9BrClNO2/c1-6(12)5-13-9-4-7(11)2-3-8(9)10(14)15/h2-4,13H,1,5H2,(H,14,15). The first-order chi connectivity index (χ1) is 7.00. The zero-order valence-corrected chi connectivity index (χ0v) is 10.1. The van der Waals surface area contributed by atoms with Gasteiger partial charge in [0.2, 0.25) is 0 Å². The fraction of sp³-hybridized carbons (Fsp3) is 0.100. The Morgan fingerprint density at radius 3 is 2.80 bits per heavy atom. The van der Waals surface area contributed by atoms with Gasteiger partial charge in [0.15, 0.2) is 0 Å². The molecule has 0 aromatic heterocycles. The fourth-order valence-corrected chi connectivity index (χ4v) is 1.47. The number of hydrogen-bond acceptors (Lipinski definition) is 2. The van der Waals surface area contributed by atoms with E-state index in [4.69, 9.17) is 16.7 Å². The molecule has 15 heavy (non-hydrogen) atoms. The normalized spacial score (nSPS) is 9.73. The van der Waals surface area contributed by atoms with Gasteiger partial charge in [-0.05, 0) is 18.2 Å². The van der Waals surface area contributed by atoms with Crippen molar-refractivity contribution in [2.75, 3.05) is 11.9 Å². The summed E-state index contributed by atoms with van der Waals surface area (Å²) in [6.45, 7) is 3.84. The van der Waals surface area contributed by atoms with Gasteiger partial charge >= 0.3 is 5.97 Å². The topological polar surface area (TPSA) is 49.3 Å². The Balaban J connectivity index is 2.96. The molecule has 0 fully saturated rings. The number of carboxylic acid groups (broad SMARTS) is 1. The van der Waals surface area contributed by atoms with Crippen LogP contribution in [0.3, 0.4) is 0 Å². The fourth-order valence-electron chi connectivity index (χ4n) is 1.04. The van der Waals surface area contributed by atoms with E-state index in [-0.39, 0.29) is 5.56 Å². The van der Waals surface area contributed by atoms with Crippen molar-refractivity contribution in [2.24, 2.45) is 0 Å². The van der Waals surface area contributed by atoms with Gasteiger partial charge < -0.3 is 10.4 Å². The van der Waals surface area contributed by atoms with E-state index < -0.39 is 5.97 Å². The molecule has 1 aromatic carbocycles. The summed E-state index contributed by atoms with van der Waals surface area (Å²) < 4.78 is 0.801. The van der Waals surface area contributed by atoms with Gasteiger partial charge in [-0.1, -0.05) is 34.1 Å². The van der Waals surface area contributed by atoms with Crippen LogP contribution in [0.4, 0.5) is 5.69 Å². The summed E-state index contributed by atoms with van der Waals surface area (Å²) >= 11 is 8.85. The third-order valence-electron chi connectivity index (χ3n) is 1.68. The van der Waals surface area contributed by atoms with Gasteiger partial charge in [0.1, 0.15) is 0 Å². The number of rotatable bonds is 4. The van der Waals surface area contributed by atoms with Crippen LogP contribution in [-0.2, 0) is 0 Å². The van der Waals surface area contributed by atoms with E-state index in [1.54, 1.807) is 12.1 Å². The van der Waals surface area contributed by atoms with Crippen LogP contribution in [-0.4, -0.2) is 17.6 Å². The summed E-state index contributed by atoms with van der Waals surface area (Å²) in [5, 5.41) is 12.2. The maximum Gasteiger partial charge on any atom is 0.337 e. The number of aromatic carboxylic acids is 1. The number of anilines is 1. The SMILES string of the molecule is C=C(Cl)CNc1cc(Br)ccc1C(=O)O. The monoisotopic (exact) mass is 289 g/mol. The predicted molar refractivity (Wildman–Crippen MR) is 64.6 cm³/mol. The molecule has 80 valence electrons.